The number of nitrogens with two attached hydrogens (primary N) is 1. The zero-order chi connectivity index (χ0) is 12.6. The summed E-state index contributed by atoms with van der Waals surface area (Å²) < 4.78 is 9.52. The standard InChI is InChI=1S/C10H20N2O4/c1-4-8(10(14)16-3)12-9(13)5-7(6-11)15-2/h7-8H,4-6,11H2,1-3H3,(H,12,13). The molecule has 0 fully saturated rings. The maximum atomic E-state index is 11.5. The summed E-state index contributed by atoms with van der Waals surface area (Å²) in [6, 6.07) is -0.604. The lowest BCUT2D eigenvalue weighted by Crippen LogP contribution is -2.43. The molecule has 2 unspecified atom stereocenters. The number of nitrogens with one attached hydrogen (secondary N) is 1. The average Bonchev–Trinajstić information content (AvgIpc) is 2.31. The van der Waals surface area contributed by atoms with Gasteiger partial charge in [0, 0.05) is 13.7 Å². The molecule has 1 amide bonds. The molecule has 0 bridgehead atoms. The van der Waals surface area contributed by atoms with Crippen molar-refractivity contribution in [2.75, 3.05) is 20.8 Å². The number of esters is 1. The Morgan fingerprint density at radius 3 is 2.38 bits per heavy atom. The topological polar surface area (TPSA) is 90.7 Å². The zero-order valence-electron chi connectivity index (χ0n) is 9.99. The van der Waals surface area contributed by atoms with Gasteiger partial charge in [-0.05, 0) is 6.42 Å². The van der Waals surface area contributed by atoms with Gasteiger partial charge in [0.15, 0.2) is 0 Å². The van der Waals surface area contributed by atoms with E-state index in [4.69, 9.17) is 10.5 Å². The summed E-state index contributed by atoms with van der Waals surface area (Å²) in [5.74, 6) is -0.716. The van der Waals surface area contributed by atoms with Crippen LogP contribution < -0.4 is 11.1 Å². The lowest BCUT2D eigenvalue weighted by Gasteiger charge is -2.17. The Bertz CT molecular complexity index is 229. The third-order valence-electron chi connectivity index (χ3n) is 2.24. The van der Waals surface area contributed by atoms with E-state index in [-0.39, 0.29) is 25.0 Å². The molecular formula is C10H20N2O4. The molecule has 0 aliphatic heterocycles. The molecule has 0 aromatic rings. The van der Waals surface area contributed by atoms with Gasteiger partial charge in [0.25, 0.3) is 0 Å². The number of hydrogen-bond acceptors (Lipinski definition) is 5. The Hall–Kier alpha value is -1.14. The van der Waals surface area contributed by atoms with Crippen molar-refractivity contribution in [2.24, 2.45) is 5.73 Å². The minimum atomic E-state index is -0.604. The fourth-order valence-corrected chi connectivity index (χ4v) is 1.19. The summed E-state index contributed by atoms with van der Waals surface area (Å²) in [5, 5.41) is 2.57. The van der Waals surface area contributed by atoms with Crippen LogP contribution in [0.3, 0.4) is 0 Å². The van der Waals surface area contributed by atoms with Crippen molar-refractivity contribution in [3.8, 4) is 0 Å². The van der Waals surface area contributed by atoms with Gasteiger partial charge in [0.05, 0.1) is 19.6 Å². The number of rotatable bonds is 7. The highest BCUT2D eigenvalue weighted by Gasteiger charge is 2.20. The lowest BCUT2D eigenvalue weighted by atomic mass is 10.2. The van der Waals surface area contributed by atoms with Crippen LogP contribution in [0.5, 0.6) is 0 Å². The zero-order valence-corrected chi connectivity index (χ0v) is 9.99. The van der Waals surface area contributed by atoms with Crippen LogP contribution >= 0.6 is 0 Å². The predicted octanol–water partition coefficient (Wildman–Crippen LogP) is -0.582. The van der Waals surface area contributed by atoms with Crippen LogP contribution in [0.2, 0.25) is 0 Å². The van der Waals surface area contributed by atoms with Gasteiger partial charge in [-0.3, -0.25) is 4.79 Å². The van der Waals surface area contributed by atoms with Crippen LogP contribution in [0.25, 0.3) is 0 Å². The molecule has 0 saturated carbocycles. The summed E-state index contributed by atoms with van der Waals surface area (Å²) in [6.07, 6.45) is 0.300. The first-order valence-corrected chi connectivity index (χ1v) is 5.19. The van der Waals surface area contributed by atoms with Crippen LogP contribution in [0, 0.1) is 0 Å². The molecule has 0 spiro atoms. The van der Waals surface area contributed by atoms with Crippen molar-refractivity contribution in [2.45, 2.75) is 31.9 Å². The van der Waals surface area contributed by atoms with Crippen molar-refractivity contribution in [3.63, 3.8) is 0 Å². The van der Waals surface area contributed by atoms with Crippen LogP contribution in [0.15, 0.2) is 0 Å². The fourth-order valence-electron chi connectivity index (χ4n) is 1.19. The number of hydrogen-bond donors (Lipinski definition) is 2. The second kappa shape index (κ2) is 8.06. The Labute approximate surface area is 95.5 Å². The van der Waals surface area contributed by atoms with E-state index in [0.29, 0.717) is 6.42 Å². The van der Waals surface area contributed by atoms with Gasteiger partial charge in [-0.25, -0.2) is 4.79 Å². The minimum Gasteiger partial charge on any atom is -0.467 e. The second-order valence-corrected chi connectivity index (χ2v) is 3.35. The van der Waals surface area contributed by atoms with Gasteiger partial charge in [-0.1, -0.05) is 6.92 Å². The molecule has 0 aromatic carbocycles. The minimum absolute atomic E-state index is 0.139. The third kappa shape index (κ3) is 5.09. The molecule has 16 heavy (non-hydrogen) atoms. The van der Waals surface area contributed by atoms with E-state index in [2.05, 4.69) is 10.1 Å². The van der Waals surface area contributed by atoms with Crippen LogP contribution in [0.1, 0.15) is 19.8 Å². The summed E-state index contributed by atoms with van der Waals surface area (Å²) in [6.45, 7) is 2.05. The van der Waals surface area contributed by atoms with Crippen molar-refractivity contribution < 1.29 is 19.1 Å². The van der Waals surface area contributed by atoms with E-state index in [1.54, 1.807) is 6.92 Å². The number of carbonyl (C=O) groups excluding carboxylic acids is 2. The van der Waals surface area contributed by atoms with Gasteiger partial charge in [0.1, 0.15) is 6.04 Å². The Morgan fingerprint density at radius 2 is 2.00 bits per heavy atom. The monoisotopic (exact) mass is 232 g/mol. The van der Waals surface area contributed by atoms with E-state index in [1.165, 1.54) is 14.2 Å². The first kappa shape index (κ1) is 14.9. The third-order valence-corrected chi connectivity index (χ3v) is 2.24. The lowest BCUT2D eigenvalue weighted by molar-refractivity contribution is -0.145. The first-order chi connectivity index (χ1) is 7.58. The van der Waals surface area contributed by atoms with Crippen molar-refractivity contribution in [1.29, 1.82) is 0 Å². The maximum absolute atomic E-state index is 11.5. The second-order valence-electron chi connectivity index (χ2n) is 3.35. The molecule has 0 aliphatic rings. The van der Waals surface area contributed by atoms with Crippen LogP contribution in [-0.2, 0) is 19.1 Å². The molecule has 6 heteroatoms. The van der Waals surface area contributed by atoms with Crippen LogP contribution in [0.4, 0.5) is 0 Å². The summed E-state index contributed by atoms with van der Waals surface area (Å²) in [7, 11) is 2.78. The highest BCUT2D eigenvalue weighted by atomic mass is 16.5. The number of carbonyl (C=O) groups is 2. The fraction of sp³-hybridized carbons (Fsp3) is 0.800. The molecule has 3 N–H and O–H groups in total. The van der Waals surface area contributed by atoms with Crippen molar-refractivity contribution in [1.82, 2.24) is 5.32 Å². The Balaban J connectivity index is 4.15. The quantitative estimate of drug-likeness (QED) is 0.573. The molecule has 0 saturated heterocycles. The van der Waals surface area contributed by atoms with E-state index in [9.17, 15) is 9.59 Å². The summed E-state index contributed by atoms with van der Waals surface area (Å²) in [5.41, 5.74) is 5.38. The molecule has 0 aliphatic carbocycles. The number of amides is 1. The largest absolute Gasteiger partial charge is 0.467 e. The van der Waals surface area contributed by atoms with Gasteiger partial charge in [0.2, 0.25) is 5.91 Å². The predicted molar refractivity (Wildman–Crippen MR) is 58.7 cm³/mol. The van der Waals surface area contributed by atoms with E-state index >= 15 is 0 Å². The highest BCUT2D eigenvalue weighted by Crippen LogP contribution is 1.98. The van der Waals surface area contributed by atoms with Crippen molar-refractivity contribution in [3.05, 3.63) is 0 Å². The van der Waals surface area contributed by atoms with Crippen molar-refractivity contribution >= 4 is 11.9 Å². The van der Waals surface area contributed by atoms with E-state index < -0.39 is 12.0 Å². The van der Waals surface area contributed by atoms with Gasteiger partial charge >= 0.3 is 5.97 Å². The smallest absolute Gasteiger partial charge is 0.328 e. The summed E-state index contributed by atoms with van der Waals surface area (Å²) >= 11 is 0. The number of methoxy groups -OCH3 is 2. The van der Waals surface area contributed by atoms with E-state index in [0.717, 1.165) is 0 Å². The van der Waals surface area contributed by atoms with Gasteiger partial charge < -0.3 is 20.5 Å². The number of ether oxygens (including phenoxy) is 2. The summed E-state index contributed by atoms with van der Waals surface area (Å²) in [4.78, 5) is 22.7. The normalized spacial score (nSPS) is 14.0. The molecule has 0 radical (unpaired) electrons. The molecular weight excluding hydrogens is 212 g/mol. The van der Waals surface area contributed by atoms with Gasteiger partial charge in [-0.2, -0.15) is 0 Å². The Kier molecular flexibility index (Phi) is 7.49. The molecule has 0 rings (SSSR count). The average molecular weight is 232 g/mol. The van der Waals surface area contributed by atoms with Crippen LogP contribution in [-0.4, -0.2) is 44.8 Å². The highest BCUT2D eigenvalue weighted by molar-refractivity contribution is 5.84. The first-order valence-electron chi connectivity index (χ1n) is 5.19. The molecule has 6 nitrogen and oxygen atoms in total. The molecule has 0 heterocycles. The van der Waals surface area contributed by atoms with Gasteiger partial charge in [-0.15, -0.1) is 0 Å². The Morgan fingerprint density at radius 1 is 1.38 bits per heavy atom. The molecule has 0 aromatic heterocycles. The maximum Gasteiger partial charge on any atom is 0.328 e. The van der Waals surface area contributed by atoms with E-state index in [1.807, 2.05) is 0 Å². The SMILES string of the molecule is CCC(NC(=O)CC(CN)OC)C(=O)OC. The molecule has 2 atom stereocenters. The molecule has 94 valence electrons.